The van der Waals surface area contributed by atoms with Crippen LogP contribution in [0.25, 0.3) is 12.7 Å². The molecule has 2 aromatic carbocycles. The quantitative estimate of drug-likeness (QED) is 0.641. The van der Waals surface area contributed by atoms with Crippen molar-refractivity contribution in [2.75, 3.05) is 0 Å². The van der Waals surface area contributed by atoms with Gasteiger partial charge in [-0.25, -0.2) is 0 Å². The molecule has 6 nitrogen and oxygen atoms in total. The monoisotopic (exact) mass is 322 g/mol. The van der Waals surface area contributed by atoms with Gasteiger partial charge in [0, 0.05) is 5.56 Å². The average Bonchev–Trinajstić information content (AvgIpc) is 2.85. The zero-order valence-electron chi connectivity index (χ0n) is 12.6. The van der Waals surface area contributed by atoms with Gasteiger partial charge in [0.05, 0.1) is 16.1 Å². The molecule has 0 aliphatic carbocycles. The molecule has 0 fully saturated rings. The number of aromatic hydroxyl groups is 2. The maximum absolute atomic E-state index is 12.5. The van der Waals surface area contributed by atoms with E-state index < -0.39 is 11.5 Å². The lowest BCUT2D eigenvalue weighted by Gasteiger charge is -2.02. The summed E-state index contributed by atoms with van der Waals surface area (Å²) in [6.07, 6.45) is 1.45. The van der Waals surface area contributed by atoms with Gasteiger partial charge in [-0.05, 0) is 24.3 Å². The maximum atomic E-state index is 12.5. The smallest absolute Gasteiger partial charge is 0.283 e. The zero-order valence-corrected chi connectivity index (χ0v) is 12.6. The minimum atomic E-state index is -0.695. The Morgan fingerprint density at radius 3 is 2.33 bits per heavy atom. The summed E-state index contributed by atoms with van der Waals surface area (Å²) in [7, 11) is 0. The number of nitrogens with one attached hydrogen (secondary N) is 1. The summed E-state index contributed by atoms with van der Waals surface area (Å²) < 4.78 is 0.781. The Balaban J connectivity index is 2.17. The second-order valence-electron chi connectivity index (χ2n) is 5.17. The van der Waals surface area contributed by atoms with Crippen molar-refractivity contribution in [2.45, 2.75) is 0 Å². The second kappa shape index (κ2) is 5.92. The number of H-pyrrole nitrogens is 1. The summed E-state index contributed by atoms with van der Waals surface area (Å²) in [6, 6.07) is 12.4. The van der Waals surface area contributed by atoms with Crippen molar-refractivity contribution >= 4 is 18.6 Å². The first-order valence-electron chi connectivity index (χ1n) is 7.11. The van der Waals surface area contributed by atoms with E-state index in [1.165, 1.54) is 24.3 Å². The molecule has 24 heavy (non-hydrogen) atoms. The summed E-state index contributed by atoms with van der Waals surface area (Å²) in [5, 5.41) is 22.6. The molecule has 0 aliphatic rings. The number of aromatic amines is 1. The average molecular weight is 322 g/mol. The molecule has 1 aromatic heterocycles. The van der Waals surface area contributed by atoms with Gasteiger partial charge in [-0.2, -0.15) is 4.68 Å². The van der Waals surface area contributed by atoms with E-state index in [2.05, 4.69) is 11.7 Å². The number of hydrogen-bond donors (Lipinski definition) is 3. The minimum absolute atomic E-state index is 0.00467. The van der Waals surface area contributed by atoms with Crippen LogP contribution in [0.1, 0.15) is 15.9 Å². The van der Waals surface area contributed by atoms with Gasteiger partial charge in [0.1, 0.15) is 11.5 Å². The molecule has 0 amide bonds. The Morgan fingerprint density at radius 2 is 1.67 bits per heavy atom. The van der Waals surface area contributed by atoms with Gasteiger partial charge >= 0.3 is 0 Å². The molecule has 0 aliphatic heterocycles. The van der Waals surface area contributed by atoms with Gasteiger partial charge in [0.15, 0.2) is 0 Å². The number of benzene rings is 2. The summed E-state index contributed by atoms with van der Waals surface area (Å²) >= 11 is 0. The largest absolute Gasteiger partial charge is 0.507 e. The SMILES string of the molecule is C=c1[nH]n(C(=O)c2ccccc2O)c(=O)/c1=C/c1ccccc1O. The van der Waals surface area contributed by atoms with Gasteiger partial charge in [0.25, 0.3) is 11.5 Å². The summed E-state index contributed by atoms with van der Waals surface area (Å²) in [4.78, 5) is 25.0. The van der Waals surface area contributed by atoms with E-state index in [4.69, 9.17) is 0 Å². The van der Waals surface area contributed by atoms with Gasteiger partial charge in [-0.1, -0.05) is 36.9 Å². The number of rotatable bonds is 2. The van der Waals surface area contributed by atoms with E-state index >= 15 is 0 Å². The van der Waals surface area contributed by atoms with Crippen molar-refractivity contribution in [2.24, 2.45) is 0 Å². The minimum Gasteiger partial charge on any atom is -0.507 e. The van der Waals surface area contributed by atoms with Crippen molar-refractivity contribution in [1.82, 2.24) is 9.78 Å². The van der Waals surface area contributed by atoms with Crippen LogP contribution in [0.15, 0.2) is 53.3 Å². The molecular formula is C18H14N2O4. The second-order valence-corrected chi connectivity index (χ2v) is 5.17. The fourth-order valence-corrected chi connectivity index (χ4v) is 2.33. The topological polar surface area (TPSA) is 95.3 Å². The first kappa shape index (κ1) is 15.4. The Labute approximate surface area is 136 Å². The third kappa shape index (κ3) is 2.61. The van der Waals surface area contributed by atoms with Gasteiger partial charge in [0.2, 0.25) is 0 Å². The highest BCUT2D eigenvalue weighted by Crippen LogP contribution is 2.16. The van der Waals surface area contributed by atoms with Crippen LogP contribution in [0, 0.1) is 0 Å². The Morgan fingerprint density at radius 1 is 1.04 bits per heavy atom. The molecule has 1 heterocycles. The summed E-state index contributed by atoms with van der Waals surface area (Å²) in [6.45, 7) is 3.72. The van der Waals surface area contributed by atoms with Gasteiger partial charge in [-0.3, -0.25) is 14.7 Å². The molecule has 3 rings (SSSR count). The molecule has 0 atom stereocenters. The van der Waals surface area contributed by atoms with Crippen LogP contribution in [0.3, 0.4) is 0 Å². The molecule has 0 saturated heterocycles. The number of carbonyl (C=O) groups excluding carboxylic acids is 1. The standard InChI is InChI=1S/C18H14N2O4/c1-11-14(10-12-6-2-4-8-15(12)21)18(24)20(19-11)17(23)13-7-3-5-9-16(13)22/h2-10,19,21-22H,1H2/b14-10+. The molecule has 0 bridgehead atoms. The van der Waals surface area contributed by atoms with Crippen molar-refractivity contribution < 1.29 is 15.0 Å². The van der Waals surface area contributed by atoms with Crippen LogP contribution in [0.4, 0.5) is 0 Å². The van der Waals surface area contributed by atoms with Crippen LogP contribution in [0.2, 0.25) is 0 Å². The van der Waals surface area contributed by atoms with Gasteiger partial charge < -0.3 is 10.2 Å². The number of aromatic nitrogens is 2. The predicted octanol–water partition coefficient (Wildman–Crippen LogP) is 0.515. The molecular weight excluding hydrogens is 308 g/mol. The normalized spacial score (nSPS) is 11.6. The Kier molecular flexibility index (Phi) is 3.79. The molecule has 0 spiro atoms. The van der Waals surface area contributed by atoms with Crippen LogP contribution >= 0.6 is 0 Å². The van der Waals surface area contributed by atoms with Crippen LogP contribution in [-0.2, 0) is 0 Å². The molecule has 3 aromatic rings. The Hall–Kier alpha value is -3.54. The lowest BCUT2D eigenvalue weighted by molar-refractivity contribution is 0.0938. The zero-order chi connectivity index (χ0) is 17.3. The molecule has 120 valence electrons. The first-order valence-corrected chi connectivity index (χ1v) is 7.11. The van der Waals surface area contributed by atoms with E-state index in [1.54, 1.807) is 30.3 Å². The lowest BCUT2D eigenvalue weighted by Crippen LogP contribution is -2.36. The third-order valence-corrected chi connectivity index (χ3v) is 3.58. The van der Waals surface area contributed by atoms with Crippen molar-refractivity contribution in [3.8, 4) is 11.5 Å². The summed E-state index contributed by atoms with van der Waals surface area (Å²) in [5.74, 6) is -0.906. The van der Waals surface area contributed by atoms with E-state index in [-0.39, 0.29) is 27.6 Å². The van der Waals surface area contributed by atoms with E-state index in [0.29, 0.717) is 5.56 Å². The highest BCUT2D eigenvalue weighted by molar-refractivity contribution is 5.97. The van der Waals surface area contributed by atoms with Crippen LogP contribution in [0.5, 0.6) is 11.5 Å². The highest BCUT2D eigenvalue weighted by atomic mass is 16.3. The predicted molar refractivity (Wildman–Crippen MR) is 89.3 cm³/mol. The number of phenolic OH excluding ortho intramolecular Hbond substituents is 2. The molecule has 0 saturated carbocycles. The van der Waals surface area contributed by atoms with Gasteiger partial charge in [-0.15, -0.1) is 0 Å². The Bertz CT molecular complexity index is 1090. The van der Waals surface area contributed by atoms with Crippen molar-refractivity contribution in [3.63, 3.8) is 0 Å². The number of para-hydroxylation sites is 2. The number of carbonyl (C=O) groups is 1. The molecule has 0 unspecified atom stereocenters. The first-order chi connectivity index (χ1) is 11.5. The lowest BCUT2D eigenvalue weighted by atomic mass is 10.1. The number of phenols is 2. The molecule has 3 N–H and O–H groups in total. The van der Waals surface area contributed by atoms with Crippen molar-refractivity contribution in [1.29, 1.82) is 0 Å². The number of hydrogen-bond acceptors (Lipinski definition) is 4. The molecule has 0 radical (unpaired) electrons. The van der Waals surface area contributed by atoms with Crippen LogP contribution < -0.4 is 16.1 Å². The number of nitrogens with zero attached hydrogens (tertiary/aromatic N) is 1. The highest BCUT2D eigenvalue weighted by Gasteiger charge is 2.16. The molecule has 6 heteroatoms. The maximum Gasteiger partial charge on any atom is 0.283 e. The van der Waals surface area contributed by atoms with E-state index in [1.807, 2.05) is 0 Å². The fraction of sp³-hybridized carbons (Fsp3) is 0. The summed E-state index contributed by atoms with van der Waals surface area (Å²) in [5.41, 5.74) is -0.188. The third-order valence-electron chi connectivity index (χ3n) is 3.58. The van der Waals surface area contributed by atoms with E-state index in [9.17, 15) is 19.8 Å². The van der Waals surface area contributed by atoms with Crippen molar-refractivity contribution in [3.05, 3.63) is 80.6 Å². The fourth-order valence-electron chi connectivity index (χ4n) is 2.33. The van der Waals surface area contributed by atoms with Crippen LogP contribution in [-0.4, -0.2) is 25.9 Å². The van der Waals surface area contributed by atoms with E-state index in [0.717, 1.165) is 4.68 Å².